The maximum Gasteiger partial charge on any atom is 0.234 e. The molecule has 0 spiro atoms. The Hall–Kier alpha value is -0.690. The van der Waals surface area contributed by atoms with Crippen molar-refractivity contribution in [2.75, 3.05) is 59.6 Å². The van der Waals surface area contributed by atoms with E-state index < -0.39 is 0 Å². The molecule has 2 heterocycles. The van der Waals surface area contributed by atoms with Crippen LogP contribution >= 0.6 is 0 Å². The van der Waals surface area contributed by atoms with E-state index in [1.807, 2.05) is 0 Å². The number of hydrogen-bond donors (Lipinski definition) is 1. The van der Waals surface area contributed by atoms with Gasteiger partial charge < -0.3 is 14.8 Å². The number of hydrogen-bond acceptors (Lipinski definition) is 5. The predicted octanol–water partition coefficient (Wildman–Crippen LogP) is -0.846. The molecule has 1 N–H and O–H groups in total. The van der Waals surface area contributed by atoms with Gasteiger partial charge in [0.25, 0.3) is 0 Å². The second-order valence-corrected chi connectivity index (χ2v) is 5.19. The van der Waals surface area contributed by atoms with Gasteiger partial charge in [0.2, 0.25) is 5.91 Å². The normalized spacial score (nSPS) is 29.6. The molecule has 0 aromatic rings. The number of ether oxygens (including phenoxy) is 2. The summed E-state index contributed by atoms with van der Waals surface area (Å²) in [6.45, 7) is 8.49. The summed E-state index contributed by atoms with van der Waals surface area (Å²) < 4.78 is 10.7. The molecule has 0 saturated carbocycles. The summed E-state index contributed by atoms with van der Waals surface area (Å²) >= 11 is 0. The Bertz CT molecular complexity index is 295. The lowest BCUT2D eigenvalue weighted by atomic mass is 10.2. The van der Waals surface area contributed by atoms with Crippen LogP contribution < -0.4 is 5.32 Å². The Morgan fingerprint density at radius 3 is 2.68 bits per heavy atom. The molecular weight excluding hydrogens is 246 g/mol. The maximum absolute atomic E-state index is 12.1. The van der Waals surface area contributed by atoms with E-state index in [1.54, 1.807) is 7.11 Å². The third kappa shape index (κ3) is 4.14. The molecule has 2 fully saturated rings. The summed E-state index contributed by atoms with van der Waals surface area (Å²) in [6, 6.07) is 0.110. The quantitative estimate of drug-likeness (QED) is 0.706. The summed E-state index contributed by atoms with van der Waals surface area (Å²) in [5.41, 5.74) is 0. The van der Waals surface area contributed by atoms with Gasteiger partial charge in [0, 0.05) is 33.3 Å². The Morgan fingerprint density at radius 2 is 2.05 bits per heavy atom. The van der Waals surface area contributed by atoms with Crippen LogP contribution in [0.4, 0.5) is 0 Å². The largest absolute Gasteiger partial charge is 0.379 e. The zero-order chi connectivity index (χ0) is 13.7. The fraction of sp³-hybridized carbons (Fsp3) is 0.923. The van der Waals surface area contributed by atoms with E-state index in [0.717, 1.165) is 45.9 Å². The second-order valence-electron chi connectivity index (χ2n) is 5.19. The first-order chi connectivity index (χ1) is 9.22. The maximum atomic E-state index is 12.1. The van der Waals surface area contributed by atoms with Crippen molar-refractivity contribution in [3.05, 3.63) is 0 Å². The number of likely N-dealkylation sites (tertiary alicyclic amines) is 1. The molecule has 6 nitrogen and oxygen atoms in total. The standard InChI is InChI=1S/C13H25N3O3/c1-3-15-8-11(12(9-15)18-2)14-13(17)10-16-4-6-19-7-5-16/h11-12H,3-10H2,1-2H3,(H,14,17)/t11-,12-/m0/s1. The summed E-state index contributed by atoms with van der Waals surface area (Å²) in [4.78, 5) is 16.5. The number of amides is 1. The van der Waals surface area contributed by atoms with Gasteiger partial charge in [-0.1, -0.05) is 6.92 Å². The number of carbonyl (C=O) groups is 1. The smallest absolute Gasteiger partial charge is 0.234 e. The monoisotopic (exact) mass is 271 g/mol. The number of nitrogens with one attached hydrogen (secondary N) is 1. The fourth-order valence-corrected chi connectivity index (χ4v) is 2.70. The molecule has 2 aliphatic rings. The first-order valence-corrected chi connectivity index (χ1v) is 7.07. The van der Waals surface area contributed by atoms with Crippen LogP contribution in [0.15, 0.2) is 0 Å². The van der Waals surface area contributed by atoms with Crippen LogP contribution in [-0.4, -0.2) is 87.4 Å². The molecule has 19 heavy (non-hydrogen) atoms. The van der Waals surface area contributed by atoms with Gasteiger partial charge in [-0.2, -0.15) is 0 Å². The van der Waals surface area contributed by atoms with Crippen molar-refractivity contribution in [2.45, 2.75) is 19.1 Å². The lowest BCUT2D eigenvalue weighted by Crippen LogP contribution is -2.49. The van der Waals surface area contributed by atoms with Crippen LogP contribution in [0, 0.1) is 0 Å². The molecule has 2 atom stereocenters. The third-order valence-electron chi connectivity index (χ3n) is 3.91. The van der Waals surface area contributed by atoms with E-state index in [4.69, 9.17) is 9.47 Å². The van der Waals surface area contributed by atoms with Gasteiger partial charge in [-0.25, -0.2) is 0 Å². The summed E-state index contributed by atoms with van der Waals surface area (Å²) in [5, 5.41) is 3.10. The van der Waals surface area contributed by atoms with Gasteiger partial charge in [-0.15, -0.1) is 0 Å². The topological polar surface area (TPSA) is 54.0 Å². The lowest BCUT2D eigenvalue weighted by molar-refractivity contribution is -0.124. The lowest BCUT2D eigenvalue weighted by Gasteiger charge is -2.27. The Kier molecular flexibility index (Phi) is 5.57. The highest BCUT2D eigenvalue weighted by Crippen LogP contribution is 2.12. The molecule has 6 heteroatoms. The van der Waals surface area contributed by atoms with E-state index in [2.05, 4.69) is 22.0 Å². The van der Waals surface area contributed by atoms with Crippen molar-refractivity contribution < 1.29 is 14.3 Å². The number of methoxy groups -OCH3 is 1. The van der Waals surface area contributed by atoms with Crippen molar-refractivity contribution >= 4 is 5.91 Å². The SMILES string of the molecule is CCN1C[C@H](NC(=O)CN2CCOCC2)[C@@H](OC)C1. The first-order valence-electron chi connectivity index (χ1n) is 7.07. The van der Waals surface area contributed by atoms with Crippen molar-refractivity contribution in [3.8, 4) is 0 Å². The molecule has 2 rings (SSSR count). The Morgan fingerprint density at radius 1 is 1.32 bits per heavy atom. The fourth-order valence-electron chi connectivity index (χ4n) is 2.70. The van der Waals surface area contributed by atoms with Crippen LogP contribution in [0.5, 0.6) is 0 Å². The van der Waals surface area contributed by atoms with E-state index in [9.17, 15) is 4.79 Å². The van der Waals surface area contributed by atoms with Crippen molar-refractivity contribution in [1.29, 1.82) is 0 Å². The zero-order valence-electron chi connectivity index (χ0n) is 11.9. The Balaban J connectivity index is 1.77. The van der Waals surface area contributed by atoms with Crippen LogP contribution in [0.3, 0.4) is 0 Å². The molecule has 2 aliphatic heterocycles. The number of carbonyl (C=O) groups excluding carboxylic acids is 1. The van der Waals surface area contributed by atoms with Crippen molar-refractivity contribution in [3.63, 3.8) is 0 Å². The van der Waals surface area contributed by atoms with Crippen molar-refractivity contribution in [2.24, 2.45) is 0 Å². The van der Waals surface area contributed by atoms with Crippen LogP contribution in [0.2, 0.25) is 0 Å². The van der Waals surface area contributed by atoms with Crippen molar-refractivity contribution in [1.82, 2.24) is 15.1 Å². The molecule has 0 radical (unpaired) electrons. The highest BCUT2D eigenvalue weighted by atomic mass is 16.5. The number of rotatable bonds is 5. The highest BCUT2D eigenvalue weighted by molar-refractivity contribution is 5.78. The Labute approximate surface area is 115 Å². The van der Waals surface area contributed by atoms with E-state index in [0.29, 0.717) is 6.54 Å². The van der Waals surface area contributed by atoms with Gasteiger partial charge in [-0.05, 0) is 6.54 Å². The van der Waals surface area contributed by atoms with Gasteiger partial charge in [0.05, 0.1) is 31.9 Å². The number of morpholine rings is 1. The number of nitrogens with zero attached hydrogens (tertiary/aromatic N) is 2. The van der Waals surface area contributed by atoms with E-state index in [1.165, 1.54) is 0 Å². The summed E-state index contributed by atoms with van der Waals surface area (Å²) in [6.07, 6.45) is 0.105. The molecule has 110 valence electrons. The highest BCUT2D eigenvalue weighted by Gasteiger charge is 2.33. The van der Waals surface area contributed by atoms with Gasteiger partial charge in [0.1, 0.15) is 0 Å². The molecule has 0 aromatic carbocycles. The zero-order valence-corrected chi connectivity index (χ0v) is 11.9. The minimum atomic E-state index is 0.0897. The summed E-state index contributed by atoms with van der Waals surface area (Å²) in [7, 11) is 1.71. The molecule has 0 bridgehead atoms. The average molecular weight is 271 g/mol. The van der Waals surface area contributed by atoms with E-state index >= 15 is 0 Å². The second kappa shape index (κ2) is 7.19. The predicted molar refractivity (Wildman–Crippen MR) is 72.1 cm³/mol. The molecule has 0 aliphatic carbocycles. The molecule has 0 aromatic heterocycles. The summed E-state index contributed by atoms with van der Waals surface area (Å²) in [5.74, 6) is 0.0897. The molecular formula is C13H25N3O3. The minimum Gasteiger partial charge on any atom is -0.379 e. The third-order valence-corrected chi connectivity index (χ3v) is 3.91. The van der Waals surface area contributed by atoms with Crippen LogP contribution in [0.25, 0.3) is 0 Å². The minimum absolute atomic E-state index is 0.0897. The first kappa shape index (κ1) is 14.7. The molecule has 0 unspecified atom stereocenters. The van der Waals surface area contributed by atoms with Gasteiger partial charge in [0.15, 0.2) is 0 Å². The average Bonchev–Trinajstić information content (AvgIpc) is 2.82. The van der Waals surface area contributed by atoms with Gasteiger partial charge in [-0.3, -0.25) is 14.6 Å². The number of likely N-dealkylation sites (N-methyl/N-ethyl adjacent to an activating group) is 1. The van der Waals surface area contributed by atoms with Crippen LogP contribution in [0.1, 0.15) is 6.92 Å². The molecule has 1 amide bonds. The molecule has 2 saturated heterocycles. The van der Waals surface area contributed by atoms with Gasteiger partial charge >= 0.3 is 0 Å². The van der Waals surface area contributed by atoms with E-state index in [-0.39, 0.29) is 18.1 Å². The van der Waals surface area contributed by atoms with Crippen LogP contribution in [-0.2, 0) is 14.3 Å².